The summed E-state index contributed by atoms with van der Waals surface area (Å²) in [5.74, 6) is -1.27. The molecule has 2 rings (SSSR count). The van der Waals surface area contributed by atoms with E-state index in [2.05, 4.69) is 5.32 Å². The third-order valence-electron chi connectivity index (χ3n) is 2.95. The van der Waals surface area contributed by atoms with E-state index in [0.29, 0.717) is 0 Å². The zero-order valence-electron chi connectivity index (χ0n) is 10.7. The van der Waals surface area contributed by atoms with Gasteiger partial charge in [-0.05, 0) is 30.7 Å². The molecule has 1 N–H and O–H groups in total. The molecule has 2 aromatic carbocycles. The van der Waals surface area contributed by atoms with Crippen molar-refractivity contribution >= 4 is 5.69 Å². The molecule has 0 aliphatic heterocycles. The van der Waals surface area contributed by atoms with Crippen molar-refractivity contribution in [1.29, 1.82) is 0 Å². The van der Waals surface area contributed by atoms with Crippen molar-refractivity contribution in [2.45, 2.75) is 19.1 Å². The van der Waals surface area contributed by atoms with Crippen LogP contribution in [0.4, 0.5) is 23.2 Å². The minimum absolute atomic E-state index is 0.178. The maximum atomic E-state index is 13.2. The lowest BCUT2D eigenvalue weighted by Crippen LogP contribution is -2.11. The van der Waals surface area contributed by atoms with E-state index in [1.54, 1.807) is 0 Å². The van der Waals surface area contributed by atoms with E-state index in [0.717, 1.165) is 17.7 Å². The smallest absolute Gasteiger partial charge is 0.379 e. The highest BCUT2D eigenvalue weighted by atomic mass is 19.4. The van der Waals surface area contributed by atoms with Gasteiger partial charge in [0, 0.05) is 11.7 Å². The summed E-state index contributed by atoms with van der Waals surface area (Å²) in [6, 6.07) is 12.0. The number of halogens is 4. The molecular formula is C15H13F4N. The van der Waals surface area contributed by atoms with Gasteiger partial charge in [0.15, 0.2) is 0 Å². The fourth-order valence-electron chi connectivity index (χ4n) is 1.91. The third-order valence-corrected chi connectivity index (χ3v) is 2.95. The summed E-state index contributed by atoms with van der Waals surface area (Å²) in [4.78, 5) is 0. The van der Waals surface area contributed by atoms with Gasteiger partial charge in [-0.3, -0.25) is 0 Å². The molecule has 1 atom stereocenters. The number of nitrogens with one attached hydrogen (secondary N) is 1. The summed E-state index contributed by atoms with van der Waals surface area (Å²) in [6.07, 6.45) is -4.70. The third kappa shape index (κ3) is 3.29. The van der Waals surface area contributed by atoms with Crippen molar-refractivity contribution in [1.82, 2.24) is 0 Å². The molecule has 1 unspecified atom stereocenters. The lowest BCUT2D eigenvalue weighted by atomic mass is 10.1. The quantitative estimate of drug-likeness (QED) is 0.780. The Kier molecular flexibility index (Phi) is 3.97. The lowest BCUT2D eigenvalue weighted by molar-refractivity contribution is -0.139. The SMILES string of the molecule is CC(Nc1ccc(F)c(C(F)(F)F)c1)c1ccccc1. The molecule has 0 heterocycles. The fraction of sp³-hybridized carbons (Fsp3) is 0.200. The Bertz CT molecular complexity index is 578. The van der Waals surface area contributed by atoms with Gasteiger partial charge < -0.3 is 5.32 Å². The van der Waals surface area contributed by atoms with Crippen molar-refractivity contribution in [3.63, 3.8) is 0 Å². The van der Waals surface area contributed by atoms with Gasteiger partial charge in [0.1, 0.15) is 5.82 Å². The summed E-state index contributed by atoms with van der Waals surface area (Å²) in [7, 11) is 0. The maximum Gasteiger partial charge on any atom is 0.419 e. The topological polar surface area (TPSA) is 12.0 Å². The Morgan fingerprint density at radius 1 is 1.00 bits per heavy atom. The van der Waals surface area contributed by atoms with Crippen LogP contribution in [-0.2, 0) is 6.18 Å². The molecule has 0 aliphatic rings. The molecule has 0 spiro atoms. The Balaban J connectivity index is 2.22. The van der Waals surface area contributed by atoms with E-state index in [9.17, 15) is 17.6 Å². The normalized spacial score (nSPS) is 13.1. The highest BCUT2D eigenvalue weighted by Gasteiger charge is 2.34. The summed E-state index contributed by atoms with van der Waals surface area (Å²) in [5.41, 5.74) is -0.0942. The molecular weight excluding hydrogens is 270 g/mol. The van der Waals surface area contributed by atoms with Gasteiger partial charge >= 0.3 is 6.18 Å². The van der Waals surface area contributed by atoms with E-state index >= 15 is 0 Å². The first kappa shape index (κ1) is 14.4. The van der Waals surface area contributed by atoms with Gasteiger partial charge in [-0.1, -0.05) is 30.3 Å². The molecule has 0 aromatic heterocycles. The number of rotatable bonds is 3. The summed E-state index contributed by atoms with van der Waals surface area (Å²) < 4.78 is 51.0. The van der Waals surface area contributed by atoms with Gasteiger partial charge in [-0.25, -0.2) is 4.39 Å². The molecule has 0 saturated carbocycles. The Morgan fingerprint density at radius 2 is 1.65 bits per heavy atom. The molecule has 0 amide bonds. The van der Waals surface area contributed by atoms with Crippen LogP contribution in [0.1, 0.15) is 24.1 Å². The number of hydrogen-bond acceptors (Lipinski definition) is 1. The Hall–Kier alpha value is -2.04. The molecule has 0 radical (unpaired) electrons. The predicted molar refractivity (Wildman–Crippen MR) is 69.9 cm³/mol. The number of alkyl halides is 3. The first-order valence-electron chi connectivity index (χ1n) is 6.06. The zero-order chi connectivity index (χ0) is 14.8. The second-order valence-corrected chi connectivity index (χ2v) is 4.47. The van der Waals surface area contributed by atoms with E-state index in [4.69, 9.17) is 0 Å². The standard InChI is InChI=1S/C15H13F4N/c1-10(11-5-3-2-4-6-11)20-12-7-8-14(16)13(9-12)15(17,18)19/h2-10,20H,1H3. The summed E-state index contributed by atoms with van der Waals surface area (Å²) in [5, 5.41) is 2.93. The summed E-state index contributed by atoms with van der Waals surface area (Å²) >= 11 is 0. The highest BCUT2D eigenvalue weighted by Crippen LogP contribution is 2.33. The minimum atomic E-state index is -4.70. The average molecular weight is 283 g/mol. The molecule has 0 fully saturated rings. The Morgan fingerprint density at radius 3 is 2.25 bits per heavy atom. The Labute approximate surface area is 114 Å². The second-order valence-electron chi connectivity index (χ2n) is 4.47. The van der Waals surface area contributed by atoms with Crippen molar-refractivity contribution < 1.29 is 17.6 Å². The van der Waals surface area contributed by atoms with Crippen molar-refractivity contribution in [3.8, 4) is 0 Å². The fourth-order valence-corrected chi connectivity index (χ4v) is 1.91. The number of hydrogen-bond donors (Lipinski definition) is 1. The van der Waals surface area contributed by atoms with Crippen LogP contribution in [0.5, 0.6) is 0 Å². The largest absolute Gasteiger partial charge is 0.419 e. The van der Waals surface area contributed by atoms with Crippen LogP contribution in [0.3, 0.4) is 0 Å². The van der Waals surface area contributed by atoms with E-state index < -0.39 is 17.6 Å². The summed E-state index contributed by atoms with van der Waals surface area (Å²) in [6.45, 7) is 1.83. The molecule has 1 nitrogen and oxygen atoms in total. The van der Waals surface area contributed by atoms with Crippen molar-refractivity contribution in [2.24, 2.45) is 0 Å². The lowest BCUT2D eigenvalue weighted by Gasteiger charge is -2.17. The van der Waals surface area contributed by atoms with Crippen LogP contribution in [-0.4, -0.2) is 0 Å². The molecule has 0 aliphatic carbocycles. The molecule has 5 heteroatoms. The maximum absolute atomic E-state index is 13.2. The van der Waals surface area contributed by atoms with Gasteiger partial charge in [-0.15, -0.1) is 0 Å². The van der Waals surface area contributed by atoms with Gasteiger partial charge in [0.2, 0.25) is 0 Å². The van der Waals surface area contributed by atoms with Crippen LogP contribution in [0, 0.1) is 5.82 Å². The number of benzene rings is 2. The molecule has 106 valence electrons. The first-order valence-corrected chi connectivity index (χ1v) is 6.06. The van der Waals surface area contributed by atoms with Crippen LogP contribution in [0.2, 0.25) is 0 Å². The van der Waals surface area contributed by atoms with Gasteiger partial charge in [-0.2, -0.15) is 13.2 Å². The molecule has 0 saturated heterocycles. The van der Waals surface area contributed by atoms with Crippen LogP contribution in [0.25, 0.3) is 0 Å². The van der Waals surface area contributed by atoms with Gasteiger partial charge in [0.25, 0.3) is 0 Å². The van der Waals surface area contributed by atoms with Crippen LogP contribution < -0.4 is 5.32 Å². The number of anilines is 1. The van der Waals surface area contributed by atoms with Crippen molar-refractivity contribution in [3.05, 3.63) is 65.5 Å². The minimum Gasteiger partial charge on any atom is -0.379 e. The predicted octanol–water partition coefficient (Wildman–Crippen LogP) is 5.02. The highest BCUT2D eigenvalue weighted by molar-refractivity contribution is 5.48. The molecule has 20 heavy (non-hydrogen) atoms. The van der Waals surface area contributed by atoms with E-state index in [-0.39, 0.29) is 11.7 Å². The monoisotopic (exact) mass is 283 g/mol. The average Bonchev–Trinajstić information content (AvgIpc) is 2.40. The molecule has 0 bridgehead atoms. The van der Waals surface area contributed by atoms with Crippen LogP contribution in [0.15, 0.2) is 48.5 Å². The zero-order valence-corrected chi connectivity index (χ0v) is 10.7. The van der Waals surface area contributed by atoms with Crippen LogP contribution >= 0.6 is 0 Å². The van der Waals surface area contributed by atoms with Gasteiger partial charge in [0.05, 0.1) is 5.56 Å². The van der Waals surface area contributed by atoms with E-state index in [1.807, 2.05) is 37.3 Å². The van der Waals surface area contributed by atoms with E-state index in [1.165, 1.54) is 6.07 Å². The first-order chi connectivity index (χ1) is 9.38. The molecule has 2 aromatic rings. The van der Waals surface area contributed by atoms with Crippen molar-refractivity contribution in [2.75, 3.05) is 5.32 Å². The second kappa shape index (κ2) is 5.53.